The predicted molar refractivity (Wildman–Crippen MR) is 68.4 cm³/mol. The van der Waals surface area contributed by atoms with Gasteiger partial charge < -0.3 is 4.74 Å². The van der Waals surface area contributed by atoms with Gasteiger partial charge in [0.15, 0.2) is 0 Å². The van der Waals surface area contributed by atoms with Crippen LogP contribution < -0.4 is 4.74 Å². The van der Waals surface area contributed by atoms with Gasteiger partial charge in [-0.05, 0) is 30.2 Å². The van der Waals surface area contributed by atoms with Crippen molar-refractivity contribution < 1.29 is 9.53 Å². The minimum atomic E-state index is 0.674. The van der Waals surface area contributed by atoms with E-state index in [4.69, 9.17) is 4.74 Å². The molecule has 0 amide bonds. The van der Waals surface area contributed by atoms with Crippen molar-refractivity contribution in [1.29, 1.82) is 0 Å². The standard InChI is InChI=1S/C15H14O2/c1-2-17-15-9-7-14(8-10-15)13-5-3-12(11-16)4-6-13/h3-11H,2H2,1H3. The predicted octanol–water partition coefficient (Wildman–Crippen LogP) is 3.56. The molecule has 0 aliphatic rings. The second kappa shape index (κ2) is 5.30. The minimum absolute atomic E-state index is 0.674. The summed E-state index contributed by atoms with van der Waals surface area (Å²) in [6.07, 6.45) is 0.849. The number of benzene rings is 2. The lowest BCUT2D eigenvalue weighted by Crippen LogP contribution is -1.90. The van der Waals surface area contributed by atoms with Gasteiger partial charge >= 0.3 is 0 Å². The van der Waals surface area contributed by atoms with Crippen molar-refractivity contribution in [1.82, 2.24) is 0 Å². The molecule has 0 spiro atoms. The second-order valence-electron chi connectivity index (χ2n) is 3.70. The summed E-state index contributed by atoms with van der Waals surface area (Å²) >= 11 is 0. The highest BCUT2D eigenvalue weighted by atomic mass is 16.5. The van der Waals surface area contributed by atoms with Crippen LogP contribution >= 0.6 is 0 Å². The molecule has 86 valence electrons. The van der Waals surface area contributed by atoms with E-state index in [-0.39, 0.29) is 0 Å². The third-order valence-electron chi connectivity index (χ3n) is 2.55. The molecule has 0 saturated carbocycles. The SMILES string of the molecule is CCOc1ccc(-c2ccc(C=O)cc2)cc1. The quantitative estimate of drug-likeness (QED) is 0.745. The number of rotatable bonds is 4. The molecule has 0 saturated heterocycles. The molecule has 2 nitrogen and oxygen atoms in total. The fourth-order valence-electron chi connectivity index (χ4n) is 1.66. The van der Waals surface area contributed by atoms with Crippen LogP contribution in [-0.4, -0.2) is 12.9 Å². The zero-order chi connectivity index (χ0) is 12.1. The largest absolute Gasteiger partial charge is 0.494 e. The van der Waals surface area contributed by atoms with E-state index in [1.165, 1.54) is 0 Å². The van der Waals surface area contributed by atoms with Crippen LogP contribution in [0.5, 0.6) is 5.75 Å². The van der Waals surface area contributed by atoms with Crippen molar-refractivity contribution in [2.75, 3.05) is 6.61 Å². The summed E-state index contributed by atoms with van der Waals surface area (Å²) < 4.78 is 5.39. The molecule has 2 aromatic carbocycles. The lowest BCUT2D eigenvalue weighted by molar-refractivity contribution is 0.112. The van der Waals surface area contributed by atoms with E-state index in [9.17, 15) is 4.79 Å². The first-order valence-electron chi connectivity index (χ1n) is 5.62. The molecule has 0 bridgehead atoms. The Morgan fingerprint density at radius 1 is 0.941 bits per heavy atom. The summed E-state index contributed by atoms with van der Waals surface area (Å²) in [4.78, 5) is 10.6. The zero-order valence-electron chi connectivity index (χ0n) is 9.72. The van der Waals surface area contributed by atoms with Crippen LogP contribution in [0.15, 0.2) is 48.5 Å². The van der Waals surface area contributed by atoms with Crippen molar-refractivity contribution in [3.63, 3.8) is 0 Å². The van der Waals surface area contributed by atoms with E-state index in [1.807, 2.05) is 55.5 Å². The maximum atomic E-state index is 10.6. The average molecular weight is 226 g/mol. The average Bonchev–Trinajstić information content (AvgIpc) is 2.40. The van der Waals surface area contributed by atoms with Crippen molar-refractivity contribution in [3.8, 4) is 16.9 Å². The van der Waals surface area contributed by atoms with Gasteiger partial charge in [-0.2, -0.15) is 0 Å². The molecule has 0 N–H and O–H groups in total. The lowest BCUT2D eigenvalue weighted by Gasteiger charge is -2.05. The second-order valence-corrected chi connectivity index (χ2v) is 3.70. The van der Waals surface area contributed by atoms with Gasteiger partial charge in [-0.25, -0.2) is 0 Å². The smallest absolute Gasteiger partial charge is 0.150 e. The first-order valence-corrected chi connectivity index (χ1v) is 5.62. The summed E-state index contributed by atoms with van der Waals surface area (Å²) in [5, 5.41) is 0. The van der Waals surface area contributed by atoms with Crippen molar-refractivity contribution >= 4 is 6.29 Å². The molecular formula is C15H14O2. The van der Waals surface area contributed by atoms with E-state index >= 15 is 0 Å². The van der Waals surface area contributed by atoms with Crippen LogP contribution in [-0.2, 0) is 0 Å². The highest BCUT2D eigenvalue weighted by Gasteiger charge is 1.98. The molecule has 0 atom stereocenters. The summed E-state index contributed by atoms with van der Waals surface area (Å²) in [5.74, 6) is 0.876. The van der Waals surface area contributed by atoms with E-state index in [0.717, 1.165) is 23.2 Å². The molecular weight excluding hydrogens is 212 g/mol. The van der Waals surface area contributed by atoms with E-state index < -0.39 is 0 Å². The van der Waals surface area contributed by atoms with Crippen LogP contribution in [0.1, 0.15) is 17.3 Å². The first-order chi connectivity index (χ1) is 8.33. The van der Waals surface area contributed by atoms with Crippen LogP contribution in [0.2, 0.25) is 0 Å². The van der Waals surface area contributed by atoms with E-state index in [0.29, 0.717) is 12.2 Å². The summed E-state index contributed by atoms with van der Waals surface area (Å²) in [7, 11) is 0. The van der Waals surface area contributed by atoms with Crippen LogP contribution in [0.3, 0.4) is 0 Å². The van der Waals surface area contributed by atoms with Crippen LogP contribution in [0, 0.1) is 0 Å². The Bertz CT molecular complexity index is 483. The summed E-state index contributed by atoms with van der Waals surface area (Å²) in [6.45, 7) is 2.64. The molecule has 2 rings (SSSR count). The molecule has 2 heteroatoms. The van der Waals surface area contributed by atoms with Gasteiger partial charge in [-0.1, -0.05) is 36.4 Å². The Labute approximate surface area is 101 Å². The fraction of sp³-hybridized carbons (Fsp3) is 0.133. The van der Waals surface area contributed by atoms with Crippen molar-refractivity contribution in [2.24, 2.45) is 0 Å². The van der Waals surface area contributed by atoms with Crippen LogP contribution in [0.4, 0.5) is 0 Å². The molecule has 0 aromatic heterocycles. The number of ether oxygens (including phenoxy) is 1. The van der Waals surface area contributed by atoms with Crippen molar-refractivity contribution in [2.45, 2.75) is 6.92 Å². The zero-order valence-corrected chi connectivity index (χ0v) is 9.72. The Kier molecular flexibility index (Phi) is 3.55. The topological polar surface area (TPSA) is 26.3 Å². The van der Waals surface area contributed by atoms with E-state index in [1.54, 1.807) is 0 Å². The van der Waals surface area contributed by atoms with Gasteiger partial charge in [0.05, 0.1) is 6.61 Å². The van der Waals surface area contributed by atoms with E-state index in [2.05, 4.69) is 0 Å². The third kappa shape index (κ3) is 2.72. The highest BCUT2D eigenvalue weighted by Crippen LogP contribution is 2.22. The maximum Gasteiger partial charge on any atom is 0.150 e. The molecule has 0 unspecified atom stereocenters. The Hall–Kier alpha value is -2.09. The van der Waals surface area contributed by atoms with Gasteiger partial charge in [0.25, 0.3) is 0 Å². The number of hydrogen-bond donors (Lipinski definition) is 0. The first kappa shape index (κ1) is 11.4. The molecule has 0 aliphatic heterocycles. The molecule has 2 aromatic rings. The third-order valence-corrected chi connectivity index (χ3v) is 2.55. The lowest BCUT2D eigenvalue weighted by atomic mass is 10.0. The summed E-state index contributed by atoms with van der Waals surface area (Å²) in [5.41, 5.74) is 2.91. The van der Waals surface area contributed by atoms with Gasteiger partial charge in [0.2, 0.25) is 0 Å². The minimum Gasteiger partial charge on any atom is -0.494 e. The number of carbonyl (C=O) groups is 1. The molecule has 0 radical (unpaired) electrons. The molecule has 0 heterocycles. The summed E-state index contributed by atoms with van der Waals surface area (Å²) in [6, 6.07) is 15.5. The highest BCUT2D eigenvalue weighted by molar-refractivity contribution is 5.76. The number of hydrogen-bond acceptors (Lipinski definition) is 2. The molecule has 17 heavy (non-hydrogen) atoms. The number of carbonyl (C=O) groups excluding carboxylic acids is 1. The van der Waals surface area contributed by atoms with Gasteiger partial charge in [0, 0.05) is 5.56 Å². The van der Waals surface area contributed by atoms with Crippen molar-refractivity contribution in [3.05, 3.63) is 54.1 Å². The van der Waals surface area contributed by atoms with Gasteiger partial charge in [-0.3, -0.25) is 4.79 Å². The monoisotopic (exact) mass is 226 g/mol. The Balaban J connectivity index is 2.23. The van der Waals surface area contributed by atoms with Gasteiger partial charge in [0.1, 0.15) is 12.0 Å². The van der Waals surface area contributed by atoms with Crippen LogP contribution in [0.25, 0.3) is 11.1 Å². The maximum absolute atomic E-state index is 10.6. The normalized spacial score (nSPS) is 9.94. The molecule has 0 fully saturated rings. The molecule has 0 aliphatic carbocycles. The number of aldehydes is 1. The van der Waals surface area contributed by atoms with Gasteiger partial charge in [-0.15, -0.1) is 0 Å². The fourth-order valence-corrected chi connectivity index (χ4v) is 1.66. The Morgan fingerprint density at radius 3 is 1.94 bits per heavy atom. The Morgan fingerprint density at radius 2 is 1.47 bits per heavy atom.